The van der Waals surface area contributed by atoms with Crippen LogP contribution in [0.5, 0.6) is 0 Å². The van der Waals surface area contributed by atoms with Crippen LogP contribution in [-0.2, 0) is 0 Å². The number of nitrogens with one attached hydrogen (secondary N) is 1. The van der Waals surface area contributed by atoms with Gasteiger partial charge in [0.25, 0.3) is 5.91 Å². The Morgan fingerprint density at radius 2 is 2.22 bits per heavy atom. The molecule has 168 valence electrons. The maximum Gasteiger partial charge on any atom is 0.265 e. The molecule has 1 saturated heterocycles. The van der Waals surface area contributed by atoms with E-state index < -0.39 is 6.17 Å². The molecule has 1 atom stereocenters. The van der Waals surface area contributed by atoms with Crippen molar-refractivity contribution >= 4 is 52.0 Å². The maximum atomic E-state index is 13.2. The number of pyridine rings is 1. The number of alkyl halides is 1. The van der Waals surface area contributed by atoms with Crippen LogP contribution in [0.3, 0.4) is 0 Å². The summed E-state index contributed by atoms with van der Waals surface area (Å²) in [6.07, 6.45) is 8.65. The molecule has 2 aromatic rings. The number of hydrogen-bond acceptors (Lipinski definition) is 6. The first-order valence-electron chi connectivity index (χ1n) is 10.8. The number of hydrogen-bond donors (Lipinski definition) is 1. The summed E-state index contributed by atoms with van der Waals surface area (Å²) in [6, 6.07) is 5.54. The number of piperidine rings is 1. The van der Waals surface area contributed by atoms with E-state index in [1.807, 2.05) is 24.3 Å². The third-order valence-electron chi connectivity index (χ3n) is 5.69. The average Bonchev–Trinajstić information content (AvgIpc) is 3.23. The lowest BCUT2D eigenvalue weighted by Gasteiger charge is -2.29. The van der Waals surface area contributed by atoms with Gasteiger partial charge in [0.1, 0.15) is 11.2 Å². The Kier molecular flexibility index (Phi) is 7.55. The first-order valence-corrected chi connectivity index (χ1v) is 12.6. The van der Waals surface area contributed by atoms with Crippen molar-refractivity contribution in [1.29, 1.82) is 0 Å². The highest BCUT2D eigenvalue weighted by atomic mass is 32.2. The van der Waals surface area contributed by atoms with Gasteiger partial charge in [-0.3, -0.25) is 19.7 Å². The zero-order valence-corrected chi connectivity index (χ0v) is 19.7. The van der Waals surface area contributed by atoms with Crippen LogP contribution in [0.1, 0.15) is 41.6 Å². The van der Waals surface area contributed by atoms with E-state index in [0.29, 0.717) is 17.0 Å². The van der Waals surface area contributed by atoms with E-state index in [2.05, 4.69) is 33.8 Å². The van der Waals surface area contributed by atoms with Crippen molar-refractivity contribution in [3.8, 4) is 0 Å². The highest BCUT2D eigenvalue weighted by Gasteiger charge is 2.19. The second-order valence-electron chi connectivity index (χ2n) is 8.17. The number of aliphatic imine (C=N–C) groups is 1. The summed E-state index contributed by atoms with van der Waals surface area (Å²) in [6.45, 7) is 8.21. The molecule has 4 rings (SSSR count). The second-order valence-corrected chi connectivity index (χ2v) is 10.2. The molecule has 1 aliphatic carbocycles. The number of thioether (sulfide) groups is 1. The number of rotatable bonds is 7. The zero-order valence-electron chi connectivity index (χ0n) is 18.1. The standard InChI is InChI=1S/C24H27FN4OS2/c1-16-9-11-29(12-10-16)15-31-22-13-21(32-24(22)26-2)23(30)28-19-7-8-20(27-14-19)17-3-5-18(25)6-4-17/h3-5,7-8,13-14,16,18H,2,6,9-12,15H2,1H3,(H,28,30). The predicted molar refractivity (Wildman–Crippen MR) is 133 cm³/mol. The number of aromatic nitrogens is 1. The summed E-state index contributed by atoms with van der Waals surface area (Å²) in [5.74, 6) is 1.51. The summed E-state index contributed by atoms with van der Waals surface area (Å²) in [7, 11) is 0. The summed E-state index contributed by atoms with van der Waals surface area (Å²) in [4.78, 5) is 25.4. The smallest absolute Gasteiger partial charge is 0.265 e. The van der Waals surface area contributed by atoms with Crippen LogP contribution in [0.4, 0.5) is 15.1 Å². The van der Waals surface area contributed by atoms with Gasteiger partial charge in [-0.15, -0.1) is 23.1 Å². The molecule has 0 spiro atoms. The van der Waals surface area contributed by atoms with Gasteiger partial charge in [-0.1, -0.05) is 19.1 Å². The fraction of sp³-hybridized carbons (Fsp3) is 0.375. The average molecular weight is 471 g/mol. The van der Waals surface area contributed by atoms with Gasteiger partial charge in [0.2, 0.25) is 0 Å². The van der Waals surface area contributed by atoms with Gasteiger partial charge < -0.3 is 5.32 Å². The van der Waals surface area contributed by atoms with Crippen molar-refractivity contribution in [3.05, 3.63) is 53.2 Å². The minimum atomic E-state index is -0.926. The third kappa shape index (κ3) is 5.74. The Balaban J connectivity index is 1.37. The van der Waals surface area contributed by atoms with Gasteiger partial charge in [-0.05, 0) is 68.4 Å². The van der Waals surface area contributed by atoms with E-state index in [1.54, 1.807) is 24.0 Å². The molecule has 32 heavy (non-hydrogen) atoms. The van der Waals surface area contributed by atoms with Crippen molar-refractivity contribution in [2.45, 2.75) is 37.3 Å². The molecule has 0 bridgehead atoms. The fourth-order valence-corrected chi connectivity index (χ4v) is 5.76. The van der Waals surface area contributed by atoms with Crippen LogP contribution in [0.2, 0.25) is 0 Å². The maximum absolute atomic E-state index is 13.2. The first-order chi connectivity index (χ1) is 15.5. The summed E-state index contributed by atoms with van der Waals surface area (Å²) in [5, 5.41) is 3.68. The molecule has 8 heteroatoms. The van der Waals surface area contributed by atoms with Crippen molar-refractivity contribution < 1.29 is 9.18 Å². The lowest BCUT2D eigenvalue weighted by molar-refractivity contribution is 0.103. The van der Waals surface area contributed by atoms with Crippen LogP contribution in [0, 0.1) is 5.92 Å². The summed E-state index contributed by atoms with van der Waals surface area (Å²) in [5.41, 5.74) is 2.26. The molecule has 0 radical (unpaired) electrons. The molecular formula is C24H27FN4OS2. The van der Waals surface area contributed by atoms with Crippen molar-refractivity contribution in [2.75, 3.05) is 24.3 Å². The molecule has 2 aromatic heterocycles. The zero-order chi connectivity index (χ0) is 22.5. The fourth-order valence-electron chi connectivity index (χ4n) is 3.66. The van der Waals surface area contributed by atoms with E-state index in [-0.39, 0.29) is 5.91 Å². The minimum absolute atomic E-state index is 0.190. The van der Waals surface area contributed by atoms with Crippen LogP contribution in [0.15, 0.2) is 52.5 Å². The highest BCUT2D eigenvalue weighted by Crippen LogP contribution is 2.38. The number of nitrogens with zero attached hydrogens (tertiary/aromatic N) is 3. The molecule has 0 saturated carbocycles. The first kappa shape index (κ1) is 22.9. The molecule has 5 nitrogen and oxygen atoms in total. The molecule has 3 heterocycles. The number of carbonyl (C=O) groups is 1. The number of allylic oxidation sites excluding steroid dienone is 4. The lowest BCUT2D eigenvalue weighted by atomic mass is 10.00. The number of carbonyl (C=O) groups excluding carboxylic acids is 1. The Hall–Kier alpha value is -2.29. The van der Waals surface area contributed by atoms with Crippen LogP contribution < -0.4 is 5.32 Å². The number of thiophene rings is 1. The lowest BCUT2D eigenvalue weighted by Crippen LogP contribution is -2.32. The van der Waals surface area contributed by atoms with Crippen LogP contribution in [0.25, 0.3) is 5.57 Å². The number of likely N-dealkylation sites (tertiary alicyclic amines) is 1. The molecule has 2 aliphatic rings. The number of halogens is 1. The Morgan fingerprint density at radius 1 is 1.41 bits per heavy atom. The summed E-state index contributed by atoms with van der Waals surface area (Å²) >= 11 is 3.06. The van der Waals surface area contributed by atoms with Gasteiger partial charge in [0.15, 0.2) is 0 Å². The Morgan fingerprint density at radius 3 is 2.88 bits per heavy atom. The topological polar surface area (TPSA) is 57.6 Å². The molecular weight excluding hydrogens is 443 g/mol. The largest absolute Gasteiger partial charge is 0.320 e. The van der Waals surface area contributed by atoms with Crippen molar-refractivity contribution in [2.24, 2.45) is 10.9 Å². The van der Waals surface area contributed by atoms with E-state index in [9.17, 15) is 9.18 Å². The third-order valence-corrected chi connectivity index (χ3v) is 8.00. The monoisotopic (exact) mass is 470 g/mol. The number of anilines is 1. The van der Waals surface area contributed by atoms with E-state index in [1.165, 1.54) is 30.3 Å². The predicted octanol–water partition coefficient (Wildman–Crippen LogP) is 6.19. The van der Waals surface area contributed by atoms with E-state index in [0.717, 1.165) is 46.0 Å². The highest BCUT2D eigenvalue weighted by molar-refractivity contribution is 7.99. The van der Waals surface area contributed by atoms with Gasteiger partial charge >= 0.3 is 0 Å². The van der Waals surface area contributed by atoms with Gasteiger partial charge in [-0.2, -0.15) is 0 Å². The Labute approximate surface area is 196 Å². The molecule has 0 aromatic carbocycles. The molecule has 1 aliphatic heterocycles. The molecule has 1 unspecified atom stereocenters. The number of amides is 1. The minimum Gasteiger partial charge on any atom is -0.320 e. The van der Waals surface area contributed by atoms with Crippen molar-refractivity contribution in [3.63, 3.8) is 0 Å². The van der Waals surface area contributed by atoms with Crippen LogP contribution >= 0.6 is 23.1 Å². The van der Waals surface area contributed by atoms with Gasteiger partial charge in [-0.25, -0.2) is 4.39 Å². The van der Waals surface area contributed by atoms with Crippen molar-refractivity contribution in [1.82, 2.24) is 9.88 Å². The normalized spacial score (nSPS) is 19.6. The second kappa shape index (κ2) is 10.6. The molecule has 1 fully saturated rings. The van der Waals surface area contributed by atoms with E-state index in [4.69, 9.17) is 0 Å². The Bertz CT molecular complexity index is 1020. The van der Waals surface area contributed by atoms with E-state index >= 15 is 0 Å². The van der Waals surface area contributed by atoms with Gasteiger partial charge in [0, 0.05) is 17.2 Å². The molecule has 1 N–H and O–H groups in total. The van der Waals surface area contributed by atoms with Crippen LogP contribution in [-0.4, -0.2) is 47.6 Å². The SMILES string of the molecule is C=Nc1sc(C(=O)Nc2ccc(C3=CCC(F)C=C3)nc2)cc1SCN1CCC(C)CC1. The van der Waals surface area contributed by atoms with Gasteiger partial charge in [0.05, 0.1) is 22.5 Å². The molecule has 1 amide bonds. The quantitative estimate of drug-likeness (QED) is 0.387. The summed E-state index contributed by atoms with van der Waals surface area (Å²) < 4.78 is 13.2.